The van der Waals surface area contributed by atoms with Gasteiger partial charge < -0.3 is 4.90 Å². The van der Waals surface area contributed by atoms with Gasteiger partial charge in [-0.3, -0.25) is 4.79 Å². The van der Waals surface area contributed by atoms with E-state index < -0.39 is 12.9 Å². The molecule has 2 nitrogen and oxygen atoms in total. The summed E-state index contributed by atoms with van der Waals surface area (Å²) in [5.74, 6) is -0.248. The second-order valence-corrected chi connectivity index (χ2v) is 3.39. The summed E-state index contributed by atoms with van der Waals surface area (Å²) in [6.07, 6.45) is -1.22. The number of fused-ring (bicyclic) bond motifs is 1. The lowest BCUT2D eigenvalue weighted by Crippen LogP contribution is -2.30. The monoisotopic (exact) mass is 195 g/mol. The van der Waals surface area contributed by atoms with Crippen molar-refractivity contribution in [2.75, 3.05) is 13.1 Å². The van der Waals surface area contributed by atoms with E-state index in [0.717, 1.165) is 5.56 Å². The van der Waals surface area contributed by atoms with Crippen molar-refractivity contribution in [2.45, 2.75) is 19.7 Å². The van der Waals surface area contributed by atoms with Crippen molar-refractivity contribution in [2.24, 2.45) is 0 Å². The molecule has 1 heterocycles. The maximum Gasteiger partial charge on any atom is 0.219 e. The van der Waals surface area contributed by atoms with Crippen molar-refractivity contribution < 1.29 is 8.91 Å². The zero-order chi connectivity index (χ0) is 12.6. The largest absolute Gasteiger partial charge is 0.342 e. The SMILES string of the molecule is [3H]C1N(C(C)=O)CCc2ccccc2C1([3H])[3H]. The number of hydrogen-bond donors (Lipinski definition) is 0. The molecule has 14 heavy (non-hydrogen) atoms. The molecule has 74 valence electrons. The lowest BCUT2D eigenvalue weighted by Gasteiger charge is -2.17. The lowest BCUT2D eigenvalue weighted by molar-refractivity contribution is -0.128. The van der Waals surface area contributed by atoms with Gasteiger partial charge in [-0.1, -0.05) is 24.3 Å². The molecule has 0 fully saturated rings. The summed E-state index contributed by atoms with van der Waals surface area (Å²) in [6.45, 7) is 0.608. The van der Waals surface area contributed by atoms with E-state index in [1.54, 1.807) is 12.1 Å². The van der Waals surface area contributed by atoms with Crippen LogP contribution in [-0.4, -0.2) is 23.9 Å². The van der Waals surface area contributed by atoms with Gasteiger partial charge in [0.05, 0.1) is 0 Å². The highest BCUT2D eigenvalue weighted by Gasteiger charge is 2.14. The quantitative estimate of drug-likeness (QED) is 0.616. The minimum Gasteiger partial charge on any atom is -0.342 e. The van der Waals surface area contributed by atoms with Gasteiger partial charge >= 0.3 is 0 Å². The van der Waals surface area contributed by atoms with Crippen LogP contribution in [0.3, 0.4) is 0 Å². The van der Waals surface area contributed by atoms with Crippen molar-refractivity contribution in [3.05, 3.63) is 35.4 Å². The number of carbonyl (C=O) groups is 1. The van der Waals surface area contributed by atoms with E-state index in [4.69, 9.17) is 4.11 Å². The molecule has 1 atom stereocenters. The van der Waals surface area contributed by atoms with E-state index in [1.807, 2.05) is 12.1 Å². The van der Waals surface area contributed by atoms with Crippen molar-refractivity contribution in [1.29, 1.82) is 0 Å². The number of carbonyl (C=O) groups excluding carboxylic acids is 1. The van der Waals surface area contributed by atoms with Gasteiger partial charge in [-0.25, -0.2) is 0 Å². The van der Waals surface area contributed by atoms with Crippen LogP contribution in [0.5, 0.6) is 0 Å². The molecule has 1 aliphatic rings. The van der Waals surface area contributed by atoms with Gasteiger partial charge in [-0.2, -0.15) is 0 Å². The van der Waals surface area contributed by atoms with E-state index >= 15 is 0 Å². The van der Waals surface area contributed by atoms with Gasteiger partial charge in [0.25, 0.3) is 0 Å². The molecule has 0 radical (unpaired) electrons. The third kappa shape index (κ3) is 1.79. The number of rotatable bonds is 0. The Kier molecular flexibility index (Phi) is 1.70. The summed E-state index contributed by atoms with van der Waals surface area (Å²) >= 11 is 0. The van der Waals surface area contributed by atoms with Gasteiger partial charge in [0.1, 0.15) is 0 Å². The summed E-state index contributed by atoms with van der Waals surface area (Å²) in [7, 11) is 0. The predicted molar refractivity (Wildman–Crippen MR) is 56.1 cm³/mol. The molecule has 2 heteroatoms. The van der Waals surface area contributed by atoms with Crippen LogP contribution in [0.2, 0.25) is 0 Å². The van der Waals surface area contributed by atoms with Crippen LogP contribution in [0, 0.1) is 0 Å². The summed E-state index contributed by atoms with van der Waals surface area (Å²) in [4.78, 5) is 12.7. The minimum atomic E-state index is -1.82. The fourth-order valence-corrected chi connectivity index (χ4v) is 1.58. The average molecular weight is 195 g/mol. The van der Waals surface area contributed by atoms with Crippen molar-refractivity contribution in [1.82, 2.24) is 4.90 Å². The van der Waals surface area contributed by atoms with E-state index in [1.165, 1.54) is 11.8 Å². The van der Waals surface area contributed by atoms with Gasteiger partial charge in [-0.15, -0.1) is 0 Å². The highest BCUT2D eigenvalue weighted by atomic mass is 16.2. The van der Waals surface area contributed by atoms with E-state index in [9.17, 15) is 4.79 Å². The molecule has 0 saturated carbocycles. The predicted octanol–water partition coefficient (Wildman–Crippen LogP) is 1.63. The fraction of sp³-hybridized carbons (Fsp3) is 0.417. The minimum absolute atomic E-state index is 0.248. The molecule has 1 unspecified atom stereocenters. The maximum absolute atomic E-state index is 11.4. The van der Waals surface area contributed by atoms with E-state index in [0.29, 0.717) is 18.5 Å². The normalized spacial score (nSPS) is 27.9. The molecule has 0 spiro atoms. The number of aryl methyl sites for hydroxylation is 1. The van der Waals surface area contributed by atoms with Crippen LogP contribution < -0.4 is 0 Å². The first kappa shape index (κ1) is 6.23. The molecule has 0 bridgehead atoms. The first-order valence-corrected chi connectivity index (χ1v) is 4.72. The van der Waals surface area contributed by atoms with Crippen LogP contribution in [0.1, 0.15) is 22.2 Å². The molecule has 0 aliphatic carbocycles. The standard InChI is InChI=1S/C12H15NO/c1-10(14)13-8-6-11-4-2-3-5-12(11)7-9-13/h2-5H,6-9H2,1H3/i6T2,8T. The second-order valence-electron chi connectivity index (χ2n) is 3.39. The van der Waals surface area contributed by atoms with Crippen LogP contribution in [0.25, 0.3) is 0 Å². The highest BCUT2D eigenvalue weighted by Crippen LogP contribution is 2.15. The molecule has 1 aromatic rings. The Hall–Kier alpha value is -1.31. The van der Waals surface area contributed by atoms with Crippen LogP contribution >= 0.6 is 0 Å². The molecule has 2 rings (SSSR count). The highest BCUT2D eigenvalue weighted by molar-refractivity contribution is 5.73. The Morgan fingerprint density at radius 3 is 2.86 bits per heavy atom. The molecule has 0 N–H and O–H groups in total. The zero-order valence-electron chi connectivity index (χ0n) is 11.2. The Morgan fingerprint density at radius 2 is 2.14 bits per heavy atom. The van der Waals surface area contributed by atoms with E-state index in [-0.39, 0.29) is 5.91 Å². The third-order valence-electron chi connectivity index (χ3n) is 2.42. The first-order chi connectivity index (χ1) is 7.94. The Balaban J connectivity index is 2.49. The summed E-state index contributed by atoms with van der Waals surface area (Å²) in [6, 6.07) is 7.20. The van der Waals surface area contributed by atoms with Gasteiger partial charge in [0, 0.05) is 24.1 Å². The van der Waals surface area contributed by atoms with Crippen LogP contribution in [0.15, 0.2) is 24.3 Å². The first-order valence-electron chi connectivity index (χ1n) is 6.30. The number of benzene rings is 1. The molecule has 1 aromatic carbocycles. The molecule has 1 amide bonds. The maximum atomic E-state index is 11.4. The summed E-state index contributed by atoms with van der Waals surface area (Å²) in [5.41, 5.74) is 1.42. The molecule has 0 aromatic heterocycles. The number of nitrogens with zero attached hydrogens (tertiary/aromatic N) is 1. The Labute approximate surface area is 88.8 Å². The van der Waals surface area contributed by atoms with Crippen molar-refractivity contribution in [3.8, 4) is 0 Å². The van der Waals surface area contributed by atoms with E-state index in [2.05, 4.69) is 0 Å². The average Bonchev–Trinajstić information content (AvgIpc) is 2.37. The third-order valence-corrected chi connectivity index (χ3v) is 2.42. The lowest BCUT2D eigenvalue weighted by atomic mass is 10.0. The molecular formula is C12H15NO. The van der Waals surface area contributed by atoms with Gasteiger partial charge in [0.15, 0.2) is 0 Å². The zero-order valence-corrected chi connectivity index (χ0v) is 8.16. The van der Waals surface area contributed by atoms with Gasteiger partial charge in [0.2, 0.25) is 5.91 Å². The van der Waals surface area contributed by atoms with Crippen molar-refractivity contribution in [3.63, 3.8) is 0 Å². The van der Waals surface area contributed by atoms with Crippen molar-refractivity contribution >= 4 is 5.91 Å². The van der Waals surface area contributed by atoms with Crippen LogP contribution in [-0.2, 0) is 17.6 Å². The molecule has 0 saturated heterocycles. The topological polar surface area (TPSA) is 20.3 Å². The number of hydrogen-bond acceptors (Lipinski definition) is 1. The Morgan fingerprint density at radius 1 is 1.43 bits per heavy atom. The number of amides is 1. The molecular weight excluding hydrogens is 174 g/mol. The van der Waals surface area contributed by atoms with Crippen LogP contribution in [0.4, 0.5) is 0 Å². The fourth-order valence-electron chi connectivity index (χ4n) is 1.58. The summed E-state index contributed by atoms with van der Waals surface area (Å²) < 4.78 is 24.1. The second kappa shape index (κ2) is 3.82. The smallest absolute Gasteiger partial charge is 0.219 e. The van der Waals surface area contributed by atoms with Gasteiger partial charge in [-0.05, 0) is 23.9 Å². The summed E-state index contributed by atoms with van der Waals surface area (Å²) in [5, 5.41) is 0. The molecule has 1 aliphatic heterocycles. The Bertz CT molecular complexity index is 447.